The van der Waals surface area contributed by atoms with Gasteiger partial charge in [-0.3, -0.25) is 4.57 Å². The van der Waals surface area contributed by atoms with Crippen molar-refractivity contribution in [2.75, 3.05) is 22.1 Å². The van der Waals surface area contributed by atoms with Crippen LogP contribution in [0.25, 0.3) is 11.2 Å². The van der Waals surface area contributed by atoms with Gasteiger partial charge in [0.15, 0.2) is 35.0 Å². The minimum absolute atomic E-state index is 0.00117. The number of nitrogens with two attached hydrogens (primary N) is 1. The quantitative estimate of drug-likeness (QED) is 0.508. The van der Waals surface area contributed by atoms with Crippen molar-refractivity contribution in [3.05, 3.63) is 6.33 Å². The topological polar surface area (TPSA) is 102 Å². The summed E-state index contributed by atoms with van der Waals surface area (Å²) in [5.74, 6) is -1.97. The van der Waals surface area contributed by atoms with E-state index in [4.69, 9.17) is 10.5 Å². The molecule has 8 nitrogen and oxygen atoms in total. The first kappa shape index (κ1) is 18.0. The Labute approximate surface area is 161 Å². The van der Waals surface area contributed by atoms with Gasteiger partial charge in [-0.25, -0.2) is 13.8 Å². The van der Waals surface area contributed by atoms with Crippen LogP contribution in [0.1, 0.15) is 26.0 Å². The lowest BCUT2D eigenvalue weighted by Crippen LogP contribution is -2.45. The Morgan fingerprint density at radius 1 is 1.46 bits per heavy atom. The van der Waals surface area contributed by atoms with E-state index < -0.39 is 23.9 Å². The average molecular weight is 480 g/mol. The van der Waals surface area contributed by atoms with Gasteiger partial charge in [-0.05, 0) is 19.8 Å². The van der Waals surface area contributed by atoms with Gasteiger partial charge in [-0.1, -0.05) is 22.6 Å². The number of nitrogens with zero attached hydrogens (tertiary/aromatic N) is 5. The van der Waals surface area contributed by atoms with Crippen molar-refractivity contribution in [2.45, 2.75) is 49.7 Å². The molecule has 0 aromatic carbocycles. The van der Waals surface area contributed by atoms with Crippen LogP contribution in [-0.2, 0) is 4.74 Å². The van der Waals surface area contributed by atoms with Crippen LogP contribution >= 0.6 is 22.6 Å². The van der Waals surface area contributed by atoms with E-state index in [-0.39, 0.29) is 16.0 Å². The first-order chi connectivity index (χ1) is 12.2. The number of imidazole rings is 1. The van der Waals surface area contributed by atoms with Gasteiger partial charge in [-0.2, -0.15) is 9.97 Å². The Balaban J connectivity index is 1.83. The zero-order valence-electron chi connectivity index (χ0n) is 14.2. The van der Waals surface area contributed by atoms with Crippen molar-refractivity contribution in [3.63, 3.8) is 0 Å². The zero-order valence-corrected chi connectivity index (χ0v) is 16.4. The highest BCUT2D eigenvalue weighted by molar-refractivity contribution is 14.1. The molecule has 0 bridgehead atoms. The number of nitrogen functional groups attached to an aromatic ring is 1. The number of alkyl halides is 3. The Hall–Kier alpha value is -1.34. The van der Waals surface area contributed by atoms with Gasteiger partial charge in [0.25, 0.3) is 0 Å². The standard InChI is InChI=1S/C15H19F2IN6O2/c1-14(16)11(25)15(17,5-18)26-12(14)24-6-20-8-9(23(2)7-3-4-7)21-13(19)22-10(8)24/h6-7,11-12,25H,3-5H2,1-2H3,(H2,19,21,22)/t11-,12+,14+,15+/m0/s1. The molecule has 3 N–H and O–H groups in total. The molecule has 4 rings (SSSR count). The number of anilines is 2. The summed E-state index contributed by atoms with van der Waals surface area (Å²) in [6.07, 6.45) is 0.0291. The third-order valence-corrected chi connectivity index (χ3v) is 6.06. The molecule has 0 unspecified atom stereocenters. The van der Waals surface area contributed by atoms with Crippen LogP contribution in [-0.4, -0.2) is 59.8 Å². The predicted molar refractivity (Wildman–Crippen MR) is 99.5 cm³/mol. The number of hydrogen-bond acceptors (Lipinski definition) is 7. The predicted octanol–water partition coefficient (Wildman–Crippen LogP) is 1.73. The van der Waals surface area contributed by atoms with Gasteiger partial charge in [0.05, 0.1) is 10.8 Å². The molecule has 0 amide bonds. The normalized spacial score (nSPS) is 34.5. The molecule has 2 aromatic heterocycles. The number of halogens is 3. The van der Waals surface area contributed by atoms with Crippen LogP contribution in [0, 0.1) is 0 Å². The molecule has 11 heteroatoms. The van der Waals surface area contributed by atoms with Crippen molar-refractivity contribution in [1.82, 2.24) is 19.5 Å². The summed E-state index contributed by atoms with van der Waals surface area (Å²) in [5, 5.41) is 10.1. The maximum atomic E-state index is 15.2. The smallest absolute Gasteiger partial charge is 0.249 e. The fraction of sp³-hybridized carbons (Fsp3) is 0.667. The molecule has 3 heterocycles. The van der Waals surface area contributed by atoms with E-state index in [9.17, 15) is 9.50 Å². The van der Waals surface area contributed by atoms with Crippen LogP contribution in [0.2, 0.25) is 0 Å². The van der Waals surface area contributed by atoms with Crippen LogP contribution < -0.4 is 10.6 Å². The third-order valence-electron chi connectivity index (χ3n) is 5.02. The molecule has 1 aliphatic carbocycles. The molecular formula is C15H19F2IN6O2. The Morgan fingerprint density at radius 2 is 2.15 bits per heavy atom. The second-order valence-electron chi connectivity index (χ2n) is 7.02. The van der Waals surface area contributed by atoms with E-state index in [2.05, 4.69) is 15.0 Å². The summed E-state index contributed by atoms with van der Waals surface area (Å²) in [6, 6.07) is 0.353. The molecule has 1 saturated heterocycles. The second-order valence-corrected chi connectivity index (χ2v) is 7.78. The molecule has 0 radical (unpaired) electrons. The number of hydrogen-bond donors (Lipinski definition) is 2. The number of fused-ring (bicyclic) bond motifs is 1. The van der Waals surface area contributed by atoms with Gasteiger partial charge >= 0.3 is 0 Å². The third kappa shape index (κ3) is 2.54. The Bertz CT molecular complexity index is 860. The van der Waals surface area contributed by atoms with Crippen molar-refractivity contribution in [3.8, 4) is 0 Å². The number of aromatic nitrogens is 4. The van der Waals surface area contributed by atoms with Gasteiger partial charge < -0.3 is 20.5 Å². The SMILES string of the molecule is CN(c1nc(N)nc2c1ncn2[C@@H]1O[C@](F)(CI)[C@@H](O)[C@@]1(C)F)C1CC1. The van der Waals surface area contributed by atoms with Crippen molar-refractivity contribution in [1.29, 1.82) is 0 Å². The lowest BCUT2D eigenvalue weighted by atomic mass is 9.98. The molecule has 1 aliphatic heterocycles. The lowest BCUT2D eigenvalue weighted by molar-refractivity contribution is -0.167. The fourth-order valence-corrected chi connectivity index (χ4v) is 3.92. The Kier molecular flexibility index (Phi) is 4.04. The van der Waals surface area contributed by atoms with Crippen LogP contribution in [0.3, 0.4) is 0 Å². The lowest BCUT2D eigenvalue weighted by Gasteiger charge is -2.24. The number of ether oxygens (including phenoxy) is 1. The second kappa shape index (κ2) is 5.83. The van der Waals surface area contributed by atoms with Gasteiger partial charge in [-0.15, -0.1) is 0 Å². The van der Waals surface area contributed by atoms with E-state index in [1.165, 1.54) is 10.9 Å². The molecule has 2 aromatic rings. The average Bonchev–Trinajstić information content (AvgIpc) is 3.34. The first-order valence-electron chi connectivity index (χ1n) is 8.21. The molecule has 142 valence electrons. The monoisotopic (exact) mass is 480 g/mol. The van der Waals surface area contributed by atoms with E-state index in [1.807, 2.05) is 11.9 Å². The molecule has 4 atom stereocenters. The summed E-state index contributed by atoms with van der Waals surface area (Å²) in [7, 11) is 1.88. The van der Waals surface area contributed by atoms with Gasteiger partial charge in [0, 0.05) is 13.1 Å². The molecule has 1 saturated carbocycles. The fourth-order valence-electron chi connectivity index (χ4n) is 3.33. The van der Waals surface area contributed by atoms with Gasteiger partial charge in [0.1, 0.15) is 0 Å². The molecule has 0 spiro atoms. The van der Waals surface area contributed by atoms with Crippen molar-refractivity contribution in [2.24, 2.45) is 0 Å². The minimum atomic E-state index is -2.50. The summed E-state index contributed by atoms with van der Waals surface area (Å²) in [4.78, 5) is 14.7. The molecule has 2 aliphatic rings. The number of aliphatic hydroxyl groups is 1. The number of aliphatic hydroxyl groups excluding tert-OH is 1. The highest BCUT2D eigenvalue weighted by Crippen LogP contribution is 2.49. The van der Waals surface area contributed by atoms with Crippen molar-refractivity contribution < 1.29 is 18.6 Å². The van der Waals surface area contributed by atoms with E-state index >= 15 is 4.39 Å². The first-order valence-corrected chi connectivity index (χ1v) is 9.74. The highest BCUT2D eigenvalue weighted by atomic mass is 127. The minimum Gasteiger partial charge on any atom is -0.384 e. The zero-order chi connectivity index (χ0) is 18.9. The highest BCUT2D eigenvalue weighted by Gasteiger charge is 2.64. The summed E-state index contributed by atoms with van der Waals surface area (Å²) in [5.41, 5.74) is 4.12. The summed E-state index contributed by atoms with van der Waals surface area (Å²) >= 11 is 1.71. The van der Waals surface area contributed by atoms with Crippen molar-refractivity contribution >= 4 is 45.5 Å². The number of rotatable bonds is 4. The maximum absolute atomic E-state index is 15.2. The van der Waals surface area contributed by atoms with Gasteiger partial charge in [0.2, 0.25) is 11.8 Å². The van der Waals surface area contributed by atoms with E-state index in [1.54, 1.807) is 22.6 Å². The largest absolute Gasteiger partial charge is 0.384 e. The van der Waals surface area contributed by atoms with Crippen LogP contribution in [0.15, 0.2) is 6.33 Å². The molecular weight excluding hydrogens is 461 g/mol. The summed E-state index contributed by atoms with van der Waals surface area (Å²) < 4.78 is 36.3. The van der Waals surface area contributed by atoms with E-state index in [0.29, 0.717) is 17.4 Å². The van der Waals surface area contributed by atoms with Crippen LogP contribution in [0.4, 0.5) is 20.5 Å². The van der Waals surface area contributed by atoms with Crippen LogP contribution in [0.5, 0.6) is 0 Å². The Morgan fingerprint density at radius 3 is 2.73 bits per heavy atom. The maximum Gasteiger partial charge on any atom is 0.249 e. The molecule has 26 heavy (non-hydrogen) atoms. The summed E-state index contributed by atoms with van der Waals surface area (Å²) in [6.45, 7) is 1.10. The molecule has 2 fully saturated rings. The van der Waals surface area contributed by atoms with E-state index in [0.717, 1.165) is 19.8 Å².